The molecule has 22 heavy (non-hydrogen) atoms. The molecule has 1 N–H and O–H groups in total. The number of nitriles is 1. The highest BCUT2D eigenvalue weighted by Crippen LogP contribution is 2.21. The first-order chi connectivity index (χ1) is 10.8. The zero-order valence-corrected chi connectivity index (χ0v) is 12.0. The monoisotopic (exact) mass is 289 g/mol. The van der Waals surface area contributed by atoms with Gasteiger partial charge in [0.15, 0.2) is 0 Å². The van der Waals surface area contributed by atoms with Crippen LogP contribution in [-0.4, -0.2) is 9.97 Å². The third-order valence-corrected chi connectivity index (χ3v) is 3.36. The SMILES string of the molecule is N#Cc1ccc(COc2ccccc2Cc2ncc[nH]2)cc1. The summed E-state index contributed by atoms with van der Waals surface area (Å²) in [5, 5.41) is 8.81. The first kappa shape index (κ1) is 13.9. The van der Waals surface area contributed by atoms with Crippen molar-refractivity contribution in [3.8, 4) is 11.8 Å². The Bertz CT molecular complexity index is 771. The van der Waals surface area contributed by atoms with Crippen LogP contribution in [0, 0.1) is 11.3 Å². The Morgan fingerprint density at radius 2 is 1.91 bits per heavy atom. The van der Waals surface area contributed by atoms with E-state index in [9.17, 15) is 0 Å². The van der Waals surface area contributed by atoms with Crippen LogP contribution in [0.15, 0.2) is 60.9 Å². The molecule has 0 aliphatic heterocycles. The summed E-state index contributed by atoms with van der Waals surface area (Å²) < 4.78 is 5.92. The van der Waals surface area contributed by atoms with Crippen LogP contribution in [0.5, 0.6) is 5.75 Å². The molecule has 4 nitrogen and oxygen atoms in total. The molecule has 2 aromatic carbocycles. The van der Waals surface area contributed by atoms with Gasteiger partial charge in [-0.3, -0.25) is 0 Å². The predicted molar refractivity (Wildman–Crippen MR) is 83.3 cm³/mol. The number of rotatable bonds is 5. The van der Waals surface area contributed by atoms with E-state index in [1.165, 1.54) is 0 Å². The molecular formula is C18H15N3O. The molecule has 0 radical (unpaired) electrons. The lowest BCUT2D eigenvalue weighted by atomic mass is 10.1. The van der Waals surface area contributed by atoms with E-state index in [1.807, 2.05) is 42.6 Å². The van der Waals surface area contributed by atoms with Gasteiger partial charge in [-0.25, -0.2) is 4.98 Å². The van der Waals surface area contributed by atoms with Crippen molar-refractivity contribution in [3.63, 3.8) is 0 Å². The van der Waals surface area contributed by atoms with Crippen LogP contribution in [0.1, 0.15) is 22.5 Å². The van der Waals surface area contributed by atoms with Gasteiger partial charge < -0.3 is 9.72 Å². The molecule has 0 aliphatic rings. The van der Waals surface area contributed by atoms with E-state index < -0.39 is 0 Å². The molecule has 0 aliphatic carbocycles. The lowest BCUT2D eigenvalue weighted by Gasteiger charge is -2.11. The Balaban J connectivity index is 1.70. The highest BCUT2D eigenvalue weighted by Gasteiger charge is 2.06. The molecule has 0 bridgehead atoms. The van der Waals surface area contributed by atoms with Crippen molar-refractivity contribution in [1.82, 2.24) is 9.97 Å². The normalized spacial score (nSPS) is 10.1. The van der Waals surface area contributed by atoms with E-state index in [0.717, 1.165) is 22.7 Å². The van der Waals surface area contributed by atoms with Gasteiger partial charge in [-0.05, 0) is 23.8 Å². The number of hydrogen-bond acceptors (Lipinski definition) is 3. The fraction of sp³-hybridized carbons (Fsp3) is 0.111. The van der Waals surface area contributed by atoms with E-state index in [4.69, 9.17) is 10.00 Å². The second kappa shape index (κ2) is 6.59. The summed E-state index contributed by atoms with van der Waals surface area (Å²) in [5.41, 5.74) is 2.78. The Labute approximate surface area is 129 Å². The second-order valence-electron chi connectivity index (χ2n) is 4.92. The van der Waals surface area contributed by atoms with Gasteiger partial charge in [0.25, 0.3) is 0 Å². The summed E-state index contributed by atoms with van der Waals surface area (Å²) in [5.74, 6) is 1.76. The molecule has 0 unspecified atom stereocenters. The maximum Gasteiger partial charge on any atom is 0.123 e. The molecule has 1 aromatic heterocycles. The third kappa shape index (κ3) is 3.33. The highest BCUT2D eigenvalue weighted by atomic mass is 16.5. The van der Waals surface area contributed by atoms with Crippen LogP contribution in [0.3, 0.4) is 0 Å². The van der Waals surface area contributed by atoms with Crippen LogP contribution in [-0.2, 0) is 13.0 Å². The number of nitrogens with zero attached hydrogens (tertiary/aromatic N) is 2. The highest BCUT2D eigenvalue weighted by molar-refractivity contribution is 5.36. The van der Waals surface area contributed by atoms with Gasteiger partial charge in [0.2, 0.25) is 0 Å². The summed E-state index contributed by atoms with van der Waals surface area (Å²) in [6.07, 6.45) is 4.27. The fourth-order valence-corrected chi connectivity index (χ4v) is 2.20. The molecule has 0 atom stereocenters. The van der Waals surface area contributed by atoms with Crippen LogP contribution in [0.25, 0.3) is 0 Å². The van der Waals surface area contributed by atoms with Crippen LogP contribution in [0.4, 0.5) is 0 Å². The Morgan fingerprint density at radius 3 is 2.64 bits per heavy atom. The summed E-state index contributed by atoms with van der Waals surface area (Å²) >= 11 is 0. The van der Waals surface area contributed by atoms with E-state index in [0.29, 0.717) is 18.6 Å². The number of aromatic amines is 1. The van der Waals surface area contributed by atoms with Crippen molar-refractivity contribution in [2.75, 3.05) is 0 Å². The number of para-hydroxylation sites is 1. The maximum atomic E-state index is 8.81. The van der Waals surface area contributed by atoms with Crippen molar-refractivity contribution >= 4 is 0 Å². The minimum absolute atomic E-state index is 0.473. The standard InChI is InChI=1S/C18H15N3O/c19-12-14-5-7-15(8-6-14)13-22-17-4-2-1-3-16(17)11-18-20-9-10-21-18/h1-10H,11,13H2,(H,20,21). The number of aromatic nitrogens is 2. The minimum Gasteiger partial charge on any atom is -0.489 e. The van der Waals surface area contributed by atoms with E-state index in [2.05, 4.69) is 16.0 Å². The van der Waals surface area contributed by atoms with Gasteiger partial charge in [0.05, 0.1) is 11.6 Å². The third-order valence-electron chi connectivity index (χ3n) is 3.36. The molecule has 108 valence electrons. The fourth-order valence-electron chi connectivity index (χ4n) is 2.20. The lowest BCUT2D eigenvalue weighted by Crippen LogP contribution is -2.00. The van der Waals surface area contributed by atoms with Crippen molar-refractivity contribution in [1.29, 1.82) is 5.26 Å². The van der Waals surface area contributed by atoms with Crippen LogP contribution < -0.4 is 4.74 Å². The quantitative estimate of drug-likeness (QED) is 0.782. The molecule has 0 fully saturated rings. The summed E-state index contributed by atoms with van der Waals surface area (Å²) in [4.78, 5) is 7.35. The topological polar surface area (TPSA) is 61.7 Å². The van der Waals surface area contributed by atoms with E-state index >= 15 is 0 Å². The number of hydrogen-bond donors (Lipinski definition) is 1. The lowest BCUT2D eigenvalue weighted by molar-refractivity contribution is 0.303. The smallest absolute Gasteiger partial charge is 0.123 e. The van der Waals surface area contributed by atoms with Gasteiger partial charge in [-0.2, -0.15) is 5.26 Å². The molecule has 0 amide bonds. The number of nitrogens with one attached hydrogen (secondary N) is 1. The molecular weight excluding hydrogens is 274 g/mol. The van der Waals surface area contributed by atoms with Crippen molar-refractivity contribution in [2.24, 2.45) is 0 Å². The first-order valence-corrected chi connectivity index (χ1v) is 7.03. The number of H-pyrrole nitrogens is 1. The average molecular weight is 289 g/mol. The van der Waals surface area contributed by atoms with Gasteiger partial charge >= 0.3 is 0 Å². The summed E-state index contributed by atoms with van der Waals surface area (Å²) in [7, 11) is 0. The minimum atomic E-state index is 0.473. The molecule has 4 heteroatoms. The second-order valence-corrected chi connectivity index (χ2v) is 4.92. The van der Waals surface area contributed by atoms with Gasteiger partial charge in [-0.1, -0.05) is 30.3 Å². The van der Waals surface area contributed by atoms with Gasteiger partial charge in [0.1, 0.15) is 18.2 Å². The largest absolute Gasteiger partial charge is 0.489 e. The van der Waals surface area contributed by atoms with Crippen molar-refractivity contribution in [2.45, 2.75) is 13.0 Å². The Kier molecular flexibility index (Phi) is 4.17. The van der Waals surface area contributed by atoms with Gasteiger partial charge in [-0.15, -0.1) is 0 Å². The number of ether oxygens (including phenoxy) is 1. The Morgan fingerprint density at radius 1 is 1.09 bits per heavy atom. The molecule has 3 aromatic rings. The first-order valence-electron chi connectivity index (χ1n) is 7.03. The van der Waals surface area contributed by atoms with Crippen molar-refractivity contribution in [3.05, 3.63) is 83.4 Å². The van der Waals surface area contributed by atoms with Crippen molar-refractivity contribution < 1.29 is 4.74 Å². The average Bonchev–Trinajstić information content (AvgIpc) is 3.07. The van der Waals surface area contributed by atoms with E-state index in [-0.39, 0.29) is 0 Å². The predicted octanol–water partition coefficient (Wildman–Crippen LogP) is 3.45. The zero-order chi connectivity index (χ0) is 15.2. The van der Waals surface area contributed by atoms with Crippen LogP contribution in [0.2, 0.25) is 0 Å². The molecule has 0 spiro atoms. The summed E-state index contributed by atoms with van der Waals surface area (Å²) in [6.45, 7) is 0.473. The van der Waals surface area contributed by atoms with Gasteiger partial charge in [0, 0.05) is 24.4 Å². The maximum absolute atomic E-state index is 8.81. The molecule has 0 saturated heterocycles. The number of imidazole rings is 1. The number of benzene rings is 2. The van der Waals surface area contributed by atoms with E-state index in [1.54, 1.807) is 18.3 Å². The molecule has 3 rings (SSSR count). The summed E-state index contributed by atoms with van der Waals surface area (Å²) in [6, 6.07) is 17.5. The van der Waals surface area contributed by atoms with Crippen LogP contribution >= 0.6 is 0 Å². The zero-order valence-electron chi connectivity index (χ0n) is 12.0. The molecule has 1 heterocycles. The Hall–Kier alpha value is -3.06. The molecule has 0 saturated carbocycles.